The van der Waals surface area contributed by atoms with Gasteiger partial charge in [-0.1, -0.05) is 90.5 Å². The van der Waals surface area contributed by atoms with Gasteiger partial charge in [0.25, 0.3) is 0 Å². The predicted molar refractivity (Wildman–Crippen MR) is 127 cm³/mol. The fourth-order valence-electron chi connectivity index (χ4n) is 4.40. The van der Waals surface area contributed by atoms with Crippen LogP contribution in [0.3, 0.4) is 0 Å². The van der Waals surface area contributed by atoms with Crippen molar-refractivity contribution in [3.05, 3.63) is 108 Å². The number of Topliss-reactive ketones (excluding diaryl/α,β-unsaturated/α-hetero) is 1. The van der Waals surface area contributed by atoms with E-state index in [1.807, 2.05) is 79.7 Å². The number of hydrogen-bond donors (Lipinski definition) is 0. The number of nitrogens with zero attached hydrogens (tertiary/aromatic N) is 1. The van der Waals surface area contributed by atoms with Crippen LogP contribution in [0.2, 0.25) is 0 Å². The summed E-state index contributed by atoms with van der Waals surface area (Å²) in [4.78, 5) is 12.9. The van der Waals surface area contributed by atoms with E-state index in [2.05, 4.69) is 0 Å². The quantitative estimate of drug-likeness (QED) is 0.519. The van der Waals surface area contributed by atoms with Crippen molar-refractivity contribution in [3.63, 3.8) is 0 Å². The topological polar surface area (TPSA) is 54.5 Å². The second-order valence-corrected chi connectivity index (χ2v) is 10.2. The Morgan fingerprint density at radius 3 is 2.09 bits per heavy atom. The van der Waals surface area contributed by atoms with E-state index in [-0.39, 0.29) is 23.1 Å². The van der Waals surface area contributed by atoms with Crippen molar-refractivity contribution >= 4 is 21.9 Å². The summed E-state index contributed by atoms with van der Waals surface area (Å²) in [7, 11) is -3.79. The third kappa shape index (κ3) is 4.45. The minimum absolute atomic E-state index is 0.00440. The molecule has 32 heavy (non-hydrogen) atoms. The Morgan fingerprint density at radius 1 is 0.906 bits per heavy atom. The van der Waals surface area contributed by atoms with Crippen molar-refractivity contribution < 1.29 is 13.2 Å². The highest BCUT2D eigenvalue weighted by atomic mass is 32.2. The summed E-state index contributed by atoms with van der Waals surface area (Å²) in [6.07, 6.45) is 3.99. The molecule has 1 fully saturated rings. The van der Waals surface area contributed by atoms with Crippen LogP contribution >= 0.6 is 0 Å². The van der Waals surface area contributed by atoms with Gasteiger partial charge in [-0.15, -0.1) is 0 Å². The molecule has 0 aliphatic carbocycles. The number of carbonyl (C=O) groups is 1. The molecule has 0 saturated carbocycles. The third-order valence-electron chi connectivity index (χ3n) is 6.12. The average Bonchev–Trinajstić information content (AvgIpc) is 3.20. The van der Waals surface area contributed by atoms with E-state index >= 15 is 0 Å². The average molecular weight is 446 g/mol. The second-order valence-electron chi connectivity index (χ2n) is 8.31. The van der Waals surface area contributed by atoms with Gasteiger partial charge >= 0.3 is 0 Å². The molecule has 1 heterocycles. The first-order valence-electron chi connectivity index (χ1n) is 10.7. The van der Waals surface area contributed by atoms with E-state index in [0.29, 0.717) is 0 Å². The molecule has 0 bridgehead atoms. The molecule has 164 valence electrons. The van der Waals surface area contributed by atoms with E-state index in [0.717, 1.165) is 16.7 Å². The summed E-state index contributed by atoms with van der Waals surface area (Å²) in [5, 5.41) is 0. The number of sulfonamides is 1. The van der Waals surface area contributed by atoms with Gasteiger partial charge in [0, 0.05) is 18.4 Å². The summed E-state index contributed by atoms with van der Waals surface area (Å²) >= 11 is 0. The largest absolute Gasteiger partial charge is 0.300 e. The van der Waals surface area contributed by atoms with Gasteiger partial charge in [-0.2, -0.15) is 4.31 Å². The highest BCUT2D eigenvalue weighted by Crippen LogP contribution is 2.45. The SMILES string of the molecule is CC(=O)[C@H]1CN(S(=O)(=O)c2ccc(C)cc2)[C@H](c2ccccc2)[C@H]1/C=C/c1ccccc1. The van der Waals surface area contributed by atoms with E-state index in [1.54, 1.807) is 31.2 Å². The van der Waals surface area contributed by atoms with Gasteiger partial charge in [0.1, 0.15) is 5.78 Å². The Morgan fingerprint density at radius 2 is 1.50 bits per heavy atom. The lowest BCUT2D eigenvalue weighted by Crippen LogP contribution is -2.32. The maximum Gasteiger partial charge on any atom is 0.243 e. The molecule has 4 rings (SSSR count). The second kappa shape index (κ2) is 9.23. The molecule has 3 aromatic rings. The van der Waals surface area contributed by atoms with Gasteiger partial charge in [0.05, 0.1) is 10.9 Å². The molecule has 1 aliphatic rings. The smallest absolute Gasteiger partial charge is 0.243 e. The molecular weight excluding hydrogens is 418 g/mol. The van der Waals surface area contributed by atoms with Crippen molar-refractivity contribution in [2.24, 2.45) is 11.8 Å². The van der Waals surface area contributed by atoms with Gasteiger partial charge in [-0.05, 0) is 37.1 Å². The van der Waals surface area contributed by atoms with Crippen LogP contribution in [-0.2, 0) is 14.8 Å². The summed E-state index contributed by atoms with van der Waals surface area (Å²) in [5.74, 6) is -0.689. The molecule has 0 aromatic heterocycles. The lowest BCUT2D eigenvalue weighted by molar-refractivity contribution is -0.121. The molecule has 0 N–H and O–H groups in total. The summed E-state index contributed by atoms with van der Waals surface area (Å²) in [5.41, 5.74) is 2.89. The van der Waals surface area contributed by atoms with E-state index in [1.165, 1.54) is 4.31 Å². The first-order chi connectivity index (χ1) is 15.4. The van der Waals surface area contributed by atoms with Crippen molar-refractivity contribution in [2.45, 2.75) is 24.8 Å². The molecule has 4 nitrogen and oxygen atoms in total. The van der Waals surface area contributed by atoms with Crippen LogP contribution in [0.1, 0.15) is 29.7 Å². The van der Waals surface area contributed by atoms with Gasteiger partial charge in [0.15, 0.2) is 0 Å². The molecule has 1 aliphatic heterocycles. The number of rotatable bonds is 6. The van der Waals surface area contributed by atoms with Gasteiger partial charge in [-0.3, -0.25) is 4.79 Å². The Kier molecular flexibility index (Phi) is 6.40. The van der Waals surface area contributed by atoms with Crippen LogP contribution in [0, 0.1) is 18.8 Å². The first-order valence-corrected chi connectivity index (χ1v) is 12.2. The third-order valence-corrected chi connectivity index (χ3v) is 7.98. The molecule has 0 spiro atoms. The maximum absolute atomic E-state index is 13.7. The fourth-order valence-corrected chi connectivity index (χ4v) is 6.07. The number of aryl methyl sites for hydroxylation is 1. The zero-order valence-corrected chi connectivity index (χ0v) is 19.1. The van der Waals surface area contributed by atoms with E-state index in [4.69, 9.17) is 0 Å². The van der Waals surface area contributed by atoms with Crippen LogP contribution in [0.15, 0.2) is 95.9 Å². The zero-order chi connectivity index (χ0) is 22.7. The fraction of sp³-hybridized carbons (Fsp3) is 0.222. The van der Waals surface area contributed by atoms with E-state index < -0.39 is 22.0 Å². The van der Waals surface area contributed by atoms with Crippen molar-refractivity contribution in [3.8, 4) is 0 Å². The lowest BCUT2D eigenvalue weighted by atomic mass is 9.84. The van der Waals surface area contributed by atoms with Crippen LogP contribution in [-0.4, -0.2) is 25.1 Å². The Hall–Kier alpha value is -3.02. The number of hydrogen-bond acceptors (Lipinski definition) is 3. The Balaban J connectivity index is 1.81. The molecule has 5 heteroatoms. The molecule has 3 aromatic carbocycles. The van der Waals surface area contributed by atoms with Gasteiger partial charge < -0.3 is 0 Å². The Bertz CT molecular complexity index is 1200. The summed E-state index contributed by atoms with van der Waals surface area (Å²) < 4.78 is 28.9. The molecular formula is C27H27NO3S. The molecule has 1 saturated heterocycles. The number of ketones is 1. The van der Waals surface area contributed by atoms with Gasteiger partial charge in [-0.25, -0.2) is 8.42 Å². The first kappa shape index (κ1) is 22.2. The predicted octanol–water partition coefficient (Wildman–Crippen LogP) is 5.28. The number of carbonyl (C=O) groups excluding carboxylic acids is 1. The minimum atomic E-state index is -3.79. The van der Waals surface area contributed by atoms with Crippen molar-refractivity contribution in [1.29, 1.82) is 0 Å². The van der Waals surface area contributed by atoms with Crippen LogP contribution in [0.5, 0.6) is 0 Å². The summed E-state index contributed by atoms with van der Waals surface area (Å²) in [6.45, 7) is 3.64. The highest BCUT2D eigenvalue weighted by molar-refractivity contribution is 7.89. The van der Waals surface area contributed by atoms with Crippen molar-refractivity contribution in [1.82, 2.24) is 4.31 Å². The monoisotopic (exact) mass is 445 g/mol. The van der Waals surface area contributed by atoms with Gasteiger partial charge in [0.2, 0.25) is 10.0 Å². The van der Waals surface area contributed by atoms with Crippen LogP contribution in [0.25, 0.3) is 6.08 Å². The lowest BCUT2D eigenvalue weighted by Gasteiger charge is -2.27. The summed E-state index contributed by atoms with van der Waals surface area (Å²) in [6, 6.07) is 25.9. The van der Waals surface area contributed by atoms with Crippen molar-refractivity contribution in [2.75, 3.05) is 6.54 Å². The molecule has 3 atom stereocenters. The highest BCUT2D eigenvalue weighted by Gasteiger charge is 2.48. The molecule has 0 unspecified atom stereocenters. The van der Waals surface area contributed by atoms with Crippen LogP contribution in [0.4, 0.5) is 0 Å². The van der Waals surface area contributed by atoms with E-state index in [9.17, 15) is 13.2 Å². The minimum Gasteiger partial charge on any atom is -0.300 e. The number of benzene rings is 3. The normalized spacial score (nSPS) is 21.8. The molecule has 0 amide bonds. The van der Waals surface area contributed by atoms with Crippen LogP contribution < -0.4 is 0 Å². The Labute approximate surface area is 190 Å². The molecule has 0 radical (unpaired) electrons. The zero-order valence-electron chi connectivity index (χ0n) is 18.3. The maximum atomic E-state index is 13.7. The standard InChI is InChI=1S/C27H27NO3S/c1-20-13-16-24(17-14-20)32(30,31)28-19-26(21(2)29)25(18-15-22-9-5-3-6-10-22)27(28)23-11-7-4-8-12-23/h3-18,25-27H,19H2,1-2H3/b18-15+/t25-,26+,27+/m0/s1.